The van der Waals surface area contributed by atoms with Gasteiger partial charge in [-0.2, -0.15) is 5.26 Å². The normalized spacial score (nSPS) is 15.4. The number of ether oxygens (including phenoxy) is 2. The minimum absolute atomic E-state index is 0.193. The Morgan fingerprint density at radius 2 is 2.28 bits per heavy atom. The first-order valence-corrected chi connectivity index (χ1v) is 8.68. The highest BCUT2D eigenvalue weighted by atomic mass is 35.5. The van der Waals surface area contributed by atoms with Crippen LogP contribution in [0.15, 0.2) is 29.6 Å². The molecule has 6 nitrogen and oxygen atoms in total. The minimum atomic E-state index is -0.507. The van der Waals surface area contributed by atoms with Gasteiger partial charge in [0.15, 0.2) is 6.61 Å². The molecule has 25 heavy (non-hydrogen) atoms. The first kappa shape index (κ1) is 17.3. The fourth-order valence-corrected chi connectivity index (χ4v) is 3.37. The van der Waals surface area contributed by atoms with Gasteiger partial charge in [0.25, 0.3) is 5.91 Å². The molecule has 128 valence electrons. The quantitative estimate of drug-likeness (QED) is 0.828. The van der Waals surface area contributed by atoms with E-state index in [0.717, 1.165) is 5.56 Å². The number of nitriles is 1. The zero-order valence-corrected chi connectivity index (χ0v) is 14.5. The van der Waals surface area contributed by atoms with E-state index < -0.39 is 24.4 Å². The Morgan fingerprint density at radius 3 is 3.08 bits per heavy atom. The second-order valence-electron chi connectivity index (χ2n) is 5.40. The number of thiophene rings is 1. The molecule has 1 N–H and O–H groups in total. The van der Waals surface area contributed by atoms with Gasteiger partial charge in [0.2, 0.25) is 0 Å². The number of amides is 1. The van der Waals surface area contributed by atoms with Crippen LogP contribution in [0.2, 0.25) is 5.02 Å². The van der Waals surface area contributed by atoms with Crippen molar-refractivity contribution >= 4 is 39.8 Å². The Balaban J connectivity index is 1.53. The van der Waals surface area contributed by atoms with Gasteiger partial charge in [0.1, 0.15) is 23.4 Å². The van der Waals surface area contributed by atoms with Crippen molar-refractivity contribution in [2.24, 2.45) is 5.92 Å². The lowest BCUT2D eigenvalue weighted by Crippen LogP contribution is -2.31. The van der Waals surface area contributed by atoms with Gasteiger partial charge in [-0.25, -0.2) is 0 Å². The molecule has 0 saturated heterocycles. The zero-order valence-electron chi connectivity index (χ0n) is 13.0. The van der Waals surface area contributed by atoms with Gasteiger partial charge in [-0.3, -0.25) is 9.59 Å². The molecule has 2 heterocycles. The third-order valence-electron chi connectivity index (χ3n) is 3.65. The average Bonchev–Trinajstić information content (AvgIpc) is 3.06. The van der Waals surface area contributed by atoms with E-state index >= 15 is 0 Å². The lowest BCUT2D eigenvalue weighted by molar-refractivity contribution is -0.152. The van der Waals surface area contributed by atoms with Gasteiger partial charge in [-0.1, -0.05) is 11.6 Å². The number of carbonyl (C=O) groups excluding carboxylic acids is 2. The highest BCUT2D eigenvalue weighted by Crippen LogP contribution is 2.30. The summed E-state index contributed by atoms with van der Waals surface area (Å²) in [5, 5.41) is 14.2. The Hall–Kier alpha value is -2.56. The minimum Gasteiger partial charge on any atom is -0.492 e. The zero-order chi connectivity index (χ0) is 17.8. The van der Waals surface area contributed by atoms with Gasteiger partial charge in [0.05, 0.1) is 11.5 Å². The van der Waals surface area contributed by atoms with Crippen molar-refractivity contribution in [3.8, 4) is 11.8 Å². The average molecular weight is 377 g/mol. The number of benzene rings is 1. The van der Waals surface area contributed by atoms with Gasteiger partial charge < -0.3 is 14.8 Å². The number of carbonyl (C=O) groups is 2. The van der Waals surface area contributed by atoms with E-state index in [1.54, 1.807) is 29.6 Å². The summed E-state index contributed by atoms with van der Waals surface area (Å²) >= 11 is 7.18. The van der Waals surface area contributed by atoms with E-state index in [9.17, 15) is 9.59 Å². The molecule has 1 atom stereocenters. The maximum atomic E-state index is 12.2. The van der Waals surface area contributed by atoms with Crippen LogP contribution in [-0.4, -0.2) is 25.1 Å². The molecule has 0 spiro atoms. The summed E-state index contributed by atoms with van der Waals surface area (Å²) in [6, 6.07) is 8.82. The second-order valence-corrected chi connectivity index (χ2v) is 6.75. The van der Waals surface area contributed by atoms with Crippen molar-refractivity contribution in [3.05, 3.63) is 45.8 Å². The molecule has 1 amide bonds. The lowest BCUT2D eigenvalue weighted by atomic mass is 9.97. The first-order chi connectivity index (χ1) is 12.1. The van der Waals surface area contributed by atoms with E-state index in [-0.39, 0.29) is 6.61 Å². The Kier molecular flexibility index (Phi) is 5.22. The van der Waals surface area contributed by atoms with Gasteiger partial charge in [-0.15, -0.1) is 11.3 Å². The number of esters is 1. The topological polar surface area (TPSA) is 88.4 Å². The molecule has 1 aliphatic heterocycles. The summed E-state index contributed by atoms with van der Waals surface area (Å²) in [4.78, 5) is 24.0. The Labute approximate surface area is 152 Å². The number of hydrogen-bond acceptors (Lipinski definition) is 6. The van der Waals surface area contributed by atoms with Crippen LogP contribution in [0.25, 0.3) is 0 Å². The molecule has 0 unspecified atom stereocenters. The number of nitrogens with one attached hydrogen (secondary N) is 1. The molecule has 1 aliphatic rings. The van der Waals surface area contributed by atoms with Crippen LogP contribution in [0.1, 0.15) is 11.1 Å². The Morgan fingerprint density at radius 1 is 1.44 bits per heavy atom. The number of halogens is 1. The van der Waals surface area contributed by atoms with Crippen molar-refractivity contribution in [1.82, 2.24) is 0 Å². The fourth-order valence-electron chi connectivity index (χ4n) is 2.43. The van der Waals surface area contributed by atoms with Gasteiger partial charge >= 0.3 is 5.97 Å². The van der Waals surface area contributed by atoms with Crippen molar-refractivity contribution in [3.63, 3.8) is 0 Å². The highest BCUT2D eigenvalue weighted by Gasteiger charge is 2.28. The molecule has 1 aromatic carbocycles. The summed E-state index contributed by atoms with van der Waals surface area (Å²) < 4.78 is 10.6. The molecule has 0 bridgehead atoms. The SMILES string of the molecule is N#Cc1ccsc1NC(=O)COC(=O)[C@@H]1COc2ccc(Cl)cc2C1. The standard InChI is InChI=1S/C17H13ClN2O4S/c18-13-1-2-14-11(6-13)5-12(8-23-14)17(22)24-9-15(21)20-16-10(7-19)3-4-25-16/h1-4,6,12H,5,8-9H2,(H,20,21)/t12-/m0/s1. The molecule has 2 aromatic rings. The number of hydrogen-bond donors (Lipinski definition) is 1. The largest absolute Gasteiger partial charge is 0.492 e. The van der Waals surface area contributed by atoms with Crippen molar-refractivity contribution in [1.29, 1.82) is 5.26 Å². The third-order valence-corrected chi connectivity index (χ3v) is 4.71. The maximum absolute atomic E-state index is 12.2. The number of fused-ring (bicyclic) bond motifs is 1. The predicted octanol–water partition coefficient (Wildman–Crippen LogP) is 3.01. The van der Waals surface area contributed by atoms with Gasteiger partial charge in [0, 0.05) is 5.02 Å². The molecule has 3 rings (SSSR count). The molecule has 0 fully saturated rings. The van der Waals surface area contributed by atoms with Crippen LogP contribution in [0, 0.1) is 17.2 Å². The van der Waals surface area contributed by atoms with Crippen LogP contribution in [0.5, 0.6) is 5.75 Å². The van der Waals surface area contributed by atoms with E-state index in [2.05, 4.69) is 5.32 Å². The maximum Gasteiger partial charge on any atom is 0.313 e. The summed E-state index contributed by atoms with van der Waals surface area (Å²) in [6.45, 7) is -0.223. The smallest absolute Gasteiger partial charge is 0.313 e. The van der Waals surface area contributed by atoms with Crippen LogP contribution >= 0.6 is 22.9 Å². The lowest BCUT2D eigenvalue weighted by Gasteiger charge is -2.24. The van der Waals surface area contributed by atoms with Crippen molar-refractivity contribution < 1.29 is 19.1 Å². The number of anilines is 1. The van der Waals surface area contributed by atoms with Crippen molar-refractivity contribution in [2.45, 2.75) is 6.42 Å². The van der Waals surface area contributed by atoms with Gasteiger partial charge in [-0.05, 0) is 41.6 Å². The third kappa shape index (κ3) is 4.10. The van der Waals surface area contributed by atoms with Crippen LogP contribution in [0.3, 0.4) is 0 Å². The van der Waals surface area contributed by atoms with Crippen LogP contribution < -0.4 is 10.1 Å². The van der Waals surface area contributed by atoms with E-state index in [4.69, 9.17) is 26.3 Å². The molecule has 1 aromatic heterocycles. The summed E-state index contributed by atoms with van der Waals surface area (Å²) in [5.74, 6) is -0.789. The van der Waals surface area contributed by atoms with Crippen LogP contribution in [0.4, 0.5) is 5.00 Å². The second kappa shape index (κ2) is 7.55. The van der Waals surface area contributed by atoms with E-state index in [1.165, 1.54) is 11.3 Å². The molecular weight excluding hydrogens is 364 g/mol. The monoisotopic (exact) mass is 376 g/mol. The van der Waals surface area contributed by atoms with E-state index in [0.29, 0.717) is 27.8 Å². The van der Waals surface area contributed by atoms with Crippen molar-refractivity contribution in [2.75, 3.05) is 18.5 Å². The van der Waals surface area contributed by atoms with E-state index in [1.807, 2.05) is 6.07 Å². The molecule has 0 saturated carbocycles. The highest BCUT2D eigenvalue weighted by molar-refractivity contribution is 7.14. The molecule has 0 radical (unpaired) electrons. The number of rotatable bonds is 4. The fraction of sp³-hybridized carbons (Fsp3) is 0.235. The summed E-state index contributed by atoms with van der Waals surface area (Å²) in [7, 11) is 0. The first-order valence-electron chi connectivity index (χ1n) is 7.42. The molecular formula is C17H13ClN2O4S. The molecule has 0 aliphatic carbocycles. The predicted molar refractivity (Wildman–Crippen MR) is 92.8 cm³/mol. The summed E-state index contributed by atoms with van der Waals surface area (Å²) in [5.41, 5.74) is 1.21. The number of nitrogens with zero attached hydrogens (tertiary/aromatic N) is 1. The summed E-state index contributed by atoms with van der Waals surface area (Å²) in [6.07, 6.45) is 0.444. The Bertz CT molecular complexity index is 859. The van der Waals surface area contributed by atoms with Crippen LogP contribution in [-0.2, 0) is 20.7 Å². The molecule has 8 heteroatoms.